The largest absolute Gasteiger partial charge is 0.439 e. The molecular formula is C17H17F4N3O2. The maximum Gasteiger partial charge on any atom is 0.397 e. The number of hydrogen-bond donors (Lipinski definition) is 0. The van der Waals surface area contributed by atoms with Gasteiger partial charge in [0.1, 0.15) is 12.2 Å². The molecule has 1 fully saturated rings. The average Bonchev–Trinajstić information content (AvgIpc) is 3.03. The second-order valence-electron chi connectivity index (χ2n) is 6.07. The zero-order chi connectivity index (χ0) is 18.7. The van der Waals surface area contributed by atoms with Crippen LogP contribution in [0, 0.1) is 5.82 Å². The minimum absolute atomic E-state index is 0.237. The van der Waals surface area contributed by atoms with Crippen LogP contribution in [-0.4, -0.2) is 53.0 Å². The highest BCUT2D eigenvalue weighted by atomic mass is 19.4. The molecule has 1 aliphatic rings. The third kappa shape index (κ3) is 4.81. The quantitative estimate of drug-likeness (QED) is 0.775. The Labute approximate surface area is 147 Å². The summed E-state index contributed by atoms with van der Waals surface area (Å²) in [6.45, 7) is 1.75. The molecule has 1 aromatic heterocycles. The Morgan fingerprint density at radius 3 is 2.38 bits per heavy atom. The van der Waals surface area contributed by atoms with Crippen molar-refractivity contribution in [2.75, 3.05) is 26.2 Å². The number of amides is 1. The number of benzene rings is 1. The molecule has 0 N–H and O–H groups in total. The van der Waals surface area contributed by atoms with Crippen molar-refractivity contribution >= 4 is 5.91 Å². The molecule has 9 heteroatoms. The summed E-state index contributed by atoms with van der Waals surface area (Å²) < 4.78 is 55.5. The Morgan fingerprint density at radius 2 is 1.77 bits per heavy atom. The van der Waals surface area contributed by atoms with Crippen LogP contribution in [0.15, 0.2) is 34.9 Å². The summed E-state index contributed by atoms with van der Waals surface area (Å²) in [6, 6.07) is 5.83. The van der Waals surface area contributed by atoms with E-state index in [0.717, 1.165) is 0 Å². The first-order valence-corrected chi connectivity index (χ1v) is 8.08. The minimum Gasteiger partial charge on any atom is -0.439 e. The number of aromatic nitrogens is 1. The fraction of sp³-hybridized carbons (Fsp3) is 0.412. The summed E-state index contributed by atoms with van der Waals surface area (Å²) >= 11 is 0. The predicted molar refractivity (Wildman–Crippen MR) is 84.4 cm³/mol. The highest BCUT2D eigenvalue weighted by molar-refractivity contribution is 5.77. The lowest BCUT2D eigenvalue weighted by atomic mass is 10.2. The van der Waals surface area contributed by atoms with Gasteiger partial charge in [-0.25, -0.2) is 9.37 Å². The number of rotatable bonds is 4. The summed E-state index contributed by atoms with van der Waals surface area (Å²) in [4.78, 5) is 19.0. The summed E-state index contributed by atoms with van der Waals surface area (Å²) in [6.07, 6.45) is -4.36. The molecule has 2 aromatic rings. The summed E-state index contributed by atoms with van der Waals surface area (Å²) in [5.74, 6) is -0.267. The number of nitrogens with zero attached hydrogens (tertiary/aromatic N) is 3. The van der Waals surface area contributed by atoms with Gasteiger partial charge in [-0.05, 0) is 24.3 Å². The minimum atomic E-state index is -4.48. The van der Waals surface area contributed by atoms with Crippen LogP contribution in [0.2, 0.25) is 0 Å². The monoisotopic (exact) mass is 371 g/mol. The van der Waals surface area contributed by atoms with Gasteiger partial charge in [0.05, 0.1) is 12.7 Å². The van der Waals surface area contributed by atoms with Crippen LogP contribution in [0.4, 0.5) is 17.6 Å². The maximum atomic E-state index is 13.0. The van der Waals surface area contributed by atoms with E-state index >= 15 is 0 Å². The van der Waals surface area contributed by atoms with Crippen LogP contribution >= 0.6 is 0 Å². The molecule has 0 aliphatic carbocycles. The fourth-order valence-corrected chi connectivity index (χ4v) is 2.76. The van der Waals surface area contributed by atoms with E-state index in [1.165, 1.54) is 17.0 Å². The first-order valence-electron chi connectivity index (χ1n) is 8.08. The Morgan fingerprint density at radius 1 is 1.12 bits per heavy atom. The molecule has 0 unspecified atom stereocenters. The number of halogens is 4. The van der Waals surface area contributed by atoms with Gasteiger partial charge in [0.2, 0.25) is 11.8 Å². The number of carbonyl (C=O) groups is 1. The van der Waals surface area contributed by atoms with Gasteiger partial charge in [-0.2, -0.15) is 13.2 Å². The highest BCUT2D eigenvalue weighted by Crippen LogP contribution is 2.23. The fourth-order valence-electron chi connectivity index (χ4n) is 2.76. The Bertz CT molecular complexity index is 750. The molecule has 0 saturated carbocycles. The molecular weight excluding hydrogens is 354 g/mol. The van der Waals surface area contributed by atoms with Crippen molar-refractivity contribution in [1.29, 1.82) is 0 Å². The van der Waals surface area contributed by atoms with Crippen molar-refractivity contribution < 1.29 is 26.8 Å². The van der Waals surface area contributed by atoms with E-state index in [2.05, 4.69) is 4.98 Å². The molecule has 140 valence electrons. The SMILES string of the molecule is O=C(CC(F)(F)F)N1CCN(Cc2ncc(-c3ccc(F)cc3)o2)CC1. The Kier molecular flexibility index (Phi) is 5.26. The van der Waals surface area contributed by atoms with Gasteiger partial charge in [0.15, 0.2) is 5.76 Å². The first kappa shape index (κ1) is 18.4. The topological polar surface area (TPSA) is 49.6 Å². The van der Waals surface area contributed by atoms with Gasteiger partial charge in [-0.1, -0.05) is 0 Å². The van der Waals surface area contributed by atoms with Gasteiger partial charge < -0.3 is 9.32 Å². The molecule has 5 nitrogen and oxygen atoms in total. The molecule has 0 atom stereocenters. The van der Waals surface area contributed by atoms with E-state index in [1.807, 2.05) is 4.90 Å². The van der Waals surface area contributed by atoms with Crippen molar-refractivity contribution in [1.82, 2.24) is 14.8 Å². The molecule has 0 spiro atoms. The molecule has 1 amide bonds. The highest BCUT2D eigenvalue weighted by Gasteiger charge is 2.34. The molecule has 2 heterocycles. The van der Waals surface area contributed by atoms with Gasteiger partial charge in [0, 0.05) is 31.7 Å². The van der Waals surface area contributed by atoms with Crippen LogP contribution in [-0.2, 0) is 11.3 Å². The lowest BCUT2D eigenvalue weighted by molar-refractivity contribution is -0.162. The third-order valence-electron chi connectivity index (χ3n) is 4.12. The summed E-state index contributed by atoms with van der Waals surface area (Å²) in [5, 5.41) is 0. The van der Waals surface area contributed by atoms with E-state index in [4.69, 9.17) is 4.42 Å². The molecule has 1 saturated heterocycles. The molecule has 3 rings (SSSR count). The summed E-state index contributed by atoms with van der Waals surface area (Å²) in [7, 11) is 0. The van der Waals surface area contributed by atoms with Crippen molar-refractivity contribution in [2.24, 2.45) is 0 Å². The number of oxazole rings is 1. The van der Waals surface area contributed by atoms with E-state index in [-0.39, 0.29) is 18.9 Å². The van der Waals surface area contributed by atoms with E-state index in [0.29, 0.717) is 36.8 Å². The predicted octanol–water partition coefficient (Wildman–Crippen LogP) is 3.08. The number of hydrogen-bond acceptors (Lipinski definition) is 4. The van der Waals surface area contributed by atoms with Gasteiger partial charge in [-0.15, -0.1) is 0 Å². The van der Waals surface area contributed by atoms with Crippen LogP contribution in [0.5, 0.6) is 0 Å². The molecule has 1 aromatic carbocycles. The first-order chi connectivity index (χ1) is 12.3. The van der Waals surface area contributed by atoms with Crippen molar-refractivity contribution in [3.05, 3.63) is 42.2 Å². The standard InChI is InChI=1S/C17H17F4N3O2/c18-13-3-1-12(2-4-13)14-10-22-15(26-14)11-23-5-7-24(8-6-23)16(25)9-17(19,20)21/h1-4,10H,5-9,11H2. The third-order valence-corrected chi connectivity index (χ3v) is 4.12. The maximum absolute atomic E-state index is 13.0. The smallest absolute Gasteiger partial charge is 0.397 e. The molecule has 26 heavy (non-hydrogen) atoms. The van der Waals surface area contributed by atoms with Crippen molar-refractivity contribution in [2.45, 2.75) is 19.1 Å². The van der Waals surface area contributed by atoms with Crippen LogP contribution in [0.25, 0.3) is 11.3 Å². The van der Waals surface area contributed by atoms with Crippen LogP contribution in [0.3, 0.4) is 0 Å². The van der Waals surface area contributed by atoms with Crippen LogP contribution in [0.1, 0.15) is 12.3 Å². The zero-order valence-electron chi connectivity index (χ0n) is 13.8. The van der Waals surface area contributed by atoms with E-state index < -0.39 is 18.5 Å². The molecule has 0 bridgehead atoms. The van der Waals surface area contributed by atoms with Crippen molar-refractivity contribution in [3.63, 3.8) is 0 Å². The van der Waals surface area contributed by atoms with Crippen LogP contribution < -0.4 is 0 Å². The average molecular weight is 371 g/mol. The van der Waals surface area contributed by atoms with Crippen molar-refractivity contribution in [3.8, 4) is 11.3 Å². The number of alkyl halides is 3. The normalized spacial score (nSPS) is 16.1. The lowest BCUT2D eigenvalue weighted by Crippen LogP contribution is -2.49. The number of carbonyl (C=O) groups excluding carboxylic acids is 1. The van der Waals surface area contributed by atoms with Gasteiger partial charge in [-0.3, -0.25) is 9.69 Å². The van der Waals surface area contributed by atoms with Gasteiger partial charge in [0.25, 0.3) is 0 Å². The number of piperazine rings is 1. The van der Waals surface area contributed by atoms with E-state index in [1.54, 1.807) is 18.3 Å². The lowest BCUT2D eigenvalue weighted by Gasteiger charge is -2.34. The van der Waals surface area contributed by atoms with E-state index in [9.17, 15) is 22.4 Å². The second-order valence-corrected chi connectivity index (χ2v) is 6.07. The molecule has 0 radical (unpaired) electrons. The molecule has 1 aliphatic heterocycles. The zero-order valence-corrected chi connectivity index (χ0v) is 13.8. The summed E-state index contributed by atoms with van der Waals surface area (Å²) in [5.41, 5.74) is 0.702. The second kappa shape index (κ2) is 7.45. The Balaban J connectivity index is 1.52. The van der Waals surface area contributed by atoms with Gasteiger partial charge >= 0.3 is 6.18 Å². The Hall–Kier alpha value is -2.42.